The normalized spacial score (nSPS) is 14.9. The maximum atomic E-state index is 12.9. The molecule has 0 amide bonds. The van der Waals surface area contributed by atoms with Gasteiger partial charge in [-0.1, -0.05) is 19.1 Å². The number of pyridine rings is 1. The summed E-state index contributed by atoms with van der Waals surface area (Å²) in [4.78, 5) is 22.7. The number of hydrogen-bond donors (Lipinski definition) is 1. The monoisotopic (exact) mass is 474 g/mol. The van der Waals surface area contributed by atoms with Crippen molar-refractivity contribution in [3.05, 3.63) is 58.6 Å². The summed E-state index contributed by atoms with van der Waals surface area (Å²) in [5.41, 5.74) is 5.97. The van der Waals surface area contributed by atoms with Gasteiger partial charge in [0.25, 0.3) is 0 Å². The topological polar surface area (TPSA) is 72.4 Å². The van der Waals surface area contributed by atoms with E-state index in [-0.39, 0.29) is 11.7 Å². The van der Waals surface area contributed by atoms with Gasteiger partial charge < -0.3 is 19.4 Å². The average molecular weight is 475 g/mol. The molecule has 7 heteroatoms. The molecule has 1 N–H and O–H groups in total. The maximum absolute atomic E-state index is 12.9. The van der Waals surface area contributed by atoms with Gasteiger partial charge in [0.15, 0.2) is 0 Å². The standard InChI is InChI=1S/C28H34N4O3/c1-4-19-16-20(7-9-26(19)35-13-5-12-31(2)3)21-6-8-24-23(17-21)27-25(18-29-24)30-28(33)32(27)22-10-14-34-15-11-22/h6-9,16-18,22H,4-5,10-15H2,1-3H3,(H,30,33). The molecule has 0 atom stereocenters. The Morgan fingerprint density at radius 2 is 1.91 bits per heavy atom. The highest BCUT2D eigenvalue weighted by Crippen LogP contribution is 2.33. The van der Waals surface area contributed by atoms with Crippen LogP contribution >= 0.6 is 0 Å². The molecular formula is C28H34N4O3. The number of H-pyrrole nitrogens is 1. The summed E-state index contributed by atoms with van der Waals surface area (Å²) in [6, 6.07) is 12.9. The third kappa shape index (κ3) is 4.83. The first-order valence-electron chi connectivity index (χ1n) is 12.6. The lowest BCUT2D eigenvalue weighted by Crippen LogP contribution is -2.27. The predicted octanol–water partition coefficient (Wildman–Crippen LogP) is 4.79. The van der Waals surface area contributed by atoms with Crippen molar-refractivity contribution in [2.75, 3.05) is 40.5 Å². The number of hydrogen-bond acceptors (Lipinski definition) is 5. The van der Waals surface area contributed by atoms with E-state index in [1.807, 2.05) is 10.6 Å². The van der Waals surface area contributed by atoms with Crippen molar-refractivity contribution in [1.82, 2.24) is 19.4 Å². The molecule has 0 saturated carbocycles. The van der Waals surface area contributed by atoms with Gasteiger partial charge in [-0.15, -0.1) is 0 Å². The molecule has 0 aliphatic carbocycles. The van der Waals surface area contributed by atoms with E-state index in [1.54, 1.807) is 6.20 Å². The number of aromatic nitrogens is 3. The molecule has 0 bridgehead atoms. The Morgan fingerprint density at radius 1 is 1.14 bits per heavy atom. The van der Waals surface area contributed by atoms with Crippen LogP contribution in [0.25, 0.3) is 33.1 Å². The van der Waals surface area contributed by atoms with E-state index in [0.29, 0.717) is 19.8 Å². The smallest absolute Gasteiger partial charge is 0.326 e. The second kappa shape index (κ2) is 10.2. The molecule has 1 saturated heterocycles. The molecule has 5 rings (SSSR count). The first-order chi connectivity index (χ1) is 17.0. The SMILES string of the molecule is CCc1cc(-c2ccc3ncc4[nH]c(=O)n(C5CCOCC5)c4c3c2)ccc1OCCCN(C)C. The number of ether oxygens (including phenoxy) is 2. The number of nitrogens with one attached hydrogen (secondary N) is 1. The summed E-state index contributed by atoms with van der Waals surface area (Å²) >= 11 is 0. The zero-order valence-corrected chi connectivity index (χ0v) is 20.8. The van der Waals surface area contributed by atoms with Gasteiger partial charge in [0.05, 0.1) is 29.4 Å². The molecule has 7 nitrogen and oxygen atoms in total. The Bertz CT molecular complexity index is 1380. The summed E-state index contributed by atoms with van der Waals surface area (Å²) in [6.07, 6.45) is 5.35. The molecule has 1 aliphatic heterocycles. The van der Waals surface area contributed by atoms with E-state index in [1.165, 1.54) is 5.56 Å². The summed E-state index contributed by atoms with van der Waals surface area (Å²) in [6.45, 7) is 5.24. The number of aromatic amines is 1. The largest absolute Gasteiger partial charge is 0.493 e. The first-order valence-corrected chi connectivity index (χ1v) is 12.6. The second-order valence-corrected chi connectivity index (χ2v) is 9.58. The van der Waals surface area contributed by atoms with Crippen LogP contribution in [0.5, 0.6) is 5.75 Å². The molecule has 184 valence electrons. The average Bonchev–Trinajstić information content (AvgIpc) is 3.23. The lowest BCUT2D eigenvalue weighted by molar-refractivity contribution is 0.0698. The van der Waals surface area contributed by atoms with Crippen LogP contribution in [0.4, 0.5) is 0 Å². The summed E-state index contributed by atoms with van der Waals surface area (Å²) in [5.74, 6) is 0.957. The second-order valence-electron chi connectivity index (χ2n) is 9.58. The molecule has 1 aliphatic rings. The molecule has 1 fully saturated rings. The minimum atomic E-state index is -0.0735. The number of rotatable bonds is 8. The lowest BCUT2D eigenvalue weighted by Gasteiger charge is -2.23. The van der Waals surface area contributed by atoms with Crippen LogP contribution in [0.15, 0.2) is 47.4 Å². The van der Waals surface area contributed by atoms with Gasteiger partial charge in [0.2, 0.25) is 0 Å². The number of benzene rings is 2. The highest BCUT2D eigenvalue weighted by Gasteiger charge is 2.22. The number of aryl methyl sites for hydroxylation is 1. The van der Waals surface area contributed by atoms with Crippen LogP contribution in [-0.4, -0.2) is 59.9 Å². The summed E-state index contributed by atoms with van der Waals surface area (Å²) in [7, 11) is 4.16. The first kappa shape index (κ1) is 23.6. The molecule has 35 heavy (non-hydrogen) atoms. The molecule has 4 aromatic rings. The fourth-order valence-electron chi connectivity index (χ4n) is 5.02. The van der Waals surface area contributed by atoms with Crippen LogP contribution in [0, 0.1) is 0 Å². The van der Waals surface area contributed by atoms with Crippen molar-refractivity contribution in [2.24, 2.45) is 0 Å². The lowest BCUT2D eigenvalue weighted by atomic mass is 9.99. The van der Waals surface area contributed by atoms with Gasteiger partial charge in [0, 0.05) is 31.2 Å². The summed E-state index contributed by atoms with van der Waals surface area (Å²) in [5, 5.41) is 0.993. The van der Waals surface area contributed by atoms with Gasteiger partial charge in [0.1, 0.15) is 5.75 Å². The summed E-state index contributed by atoms with van der Waals surface area (Å²) < 4.78 is 13.6. The van der Waals surface area contributed by atoms with Crippen LogP contribution in [0.1, 0.15) is 37.8 Å². The van der Waals surface area contributed by atoms with Crippen molar-refractivity contribution >= 4 is 21.9 Å². The Labute approximate surface area is 205 Å². The number of fused-ring (bicyclic) bond motifs is 3. The van der Waals surface area contributed by atoms with Crippen LogP contribution < -0.4 is 10.4 Å². The fraction of sp³-hybridized carbons (Fsp3) is 0.429. The van der Waals surface area contributed by atoms with E-state index < -0.39 is 0 Å². The third-order valence-corrected chi connectivity index (χ3v) is 6.88. The zero-order valence-electron chi connectivity index (χ0n) is 20.8. The Morgan fingerprint density at radius 3 is 2.69 bits per heavy atom. The van der Waals surface area contributed by atoms with Gasteiger partial charge in [-0.2, -0.15) is 0 Å². The van der Waals surface area contributed by atoms with E-state index in [0.717, 1.165) is 71.0 Å². The van der Waals surface area contributed by atoms with E-state index in [4.69, 9.17) is 9.47 Å². The predicted molar refractivity (Wildman–Crippen MR) is 140 cm³/mol. The third-order valence-electron chi connectivity index (χ3n) is 6.88. The molecule has 2 aromatic carbocycles. The van der Waals surface area contributed by atoms with Crippen LogP contribution in [-0.2, 0) is 11.2 Å². The van der Waals surface area contributed by atoms with Crippen LogP contribution in [0.3, 0.4) is 0 Å². The Hall–Kier alpha value is -3.16. The van der Waals surface area contributed by atoms with Crippen molar-refractivity contribution in [3.63, 3.8) is 0 Å². The van der Waals surface area contributed by atoms with Gasteiger partial charge >= 0.3 is 5.69 Å². The highest BCUT2D eigenvalue weighted by atomic mass is 16.5. The molecule has 3 heterocycles. The highest BCUT2D eigenvalue weighted by molar-refractivity contribution is 6.03. The van der Waals surface area contributed by atoms with Crippen molar-refractivity contribution in [3.8, 4) is 16.9 Å². The van der Waals surface area contributed by atoms with Gasteiger partial charge in [-0.3, -0.25) is 9.55 Å². The zero-order chi connectivity index (χ0) is 24.4. The van der Waals surface area contributed by atoms with Gasteiger partial charge in [-0.25, -0.2) is 4.79 Å². The number of imidazole rings is 1. The molecule has 2 aromatic heterocycles. The van der Waals surface area contributed by atoms with Crippen molar-refractivity contribution in [1.29, 1.82) is 0 Å². The molecule has 0 radical (unpaired) electrons. The van der Waals surface area contributed by atoms with Crippen molar-refractivity contribution in [2.45, 2.75) is 38.6 Å². The van der Waals surface area contributed by atoms with E-state index in [2.05, 4.69) is 66.2 Å². The fourth-order valence-corrected chi connectivity index (χ4v) is 5.02. The Balaban J connectivity index is 1.52. The van der Waals surface area contributed by atoms with E-state index in [9.17, 15) is 4.79 Å². The molecule has 0 unspecified atom stereocenters. The van der Waals surface area contributed by atoms with Gasteiger partial charge in [-0.05, 0) is 80.7 Å². The minimum absolute atomic E-state index is 0.0735. The minimum Gasteiger partial charge on any atom is -0.493 e. The maximum Gasteiger partial charge on any atom is 0.326 e. The van der Waals surface area contributed by atoms with E-state index >= 15 is 0 Å². The molecular weight excluding hydrogens is 440 g/mol. The Kier molecular flexibility index (Phi) is 6.88. The molecule has 0 spiro atoms. The quantitative estimate of drug-likeness (QED) is 0.372. The van der Waals surface area contributed by atoms with Crippen LogP contribution in [0.2, 0.25) is 0 Å². The van der Waals surface area contributed by atoms with Crippen molar-refractivity contribution < 1.29 is 9.47 Å². The number of nitrogens with zero attached hydrogens (tertiary/aromatic N) is 3.